The molecule has 0 fully saturated rings. The minimum atomic E-state index is -0.779. The lowest BCUT2D eigenvalue weighted by molar-refractivity contribution is -0.139. The number of carboxylic acids is 1. The molecule has 2 aromatic rings. The SMILES string of the molecule is CCCCC(NCc1ccc(-n2ccnc2)cc1)C(=O)O. The molecule has 0 bridgehead atoms. The molecule has 0 saturated carbocycles. The summed E-state index contributed by atoms with van der Waals surface area (Å²) in [4.78, 5) is 15.2. The number of rotatable bonds is 8. The second-order valence-corrected chi connectivity index (χ2v) is 5.05. The van der Waals surface area contributed by atoms with Crippen LogP contribution in [-0.2, 0) is 11.3 Å². The van der Waals surface area contributed by atoms with Crippen molar-refractivity contribution in [1.82, 2.24) is 14.9 Å². The Morgan fingerprint density at radius 3 is 2.71 bits per heavy atom. The largest absolute Gasteiger partial charge is 0.480 e. The zero-order valence-corrected chi connectivity index (χ0v) is 12.2. The topological polar surface area (TPSA) is 67.2 Å². The number of benzene rings is 1. The Balaban J connectivity index is 1.92. The zero-order chi connectivity index (χ0) is 15.1. The number of carbonyl (C=O) groups is 1. The number of imidazole rings is 1. The summed E-state index contributed by atoms with van der Waals surface area (Å²) in [5.74, 6) is -0.779. The number of hydrogen-bond donors (Lipinski definition) is 2. The standard InChI is InChI=1S/C16H21N3O2/c1-2-3-4-15(16(20)21)18-11-13-5-7-14(8-6-13)19-10-9-17-12-19/h5-10,12,15,18H,2-4,11H2,1H3,(H,20,21). The molecule has 0 amide bonds. The van der Waals surface area contributed by atoms with Crippen LogP contribution in [0.4, 0.5) is 0 Å². The fourth-order valence-electron chi connectivity index (χ4n) is 2.16. The maximum absolute atomic E-state index is 11.2. The van der Waals surface area contributed by atoms with Crippen molar-refractivity contribution < 1.29 is 9.90 Å². The fourth-order valence-corrected chi connectivity index (χ4v) is 2.16. The van der Waals surface area contributed by atoms with Crippen LogP contribution in [0.3, 0.4) is 0 Å². The molecule has 1 heterocycles. The van der Waals surface area contributed by atoms with Crippen LogP contribution in [-0.4, -0.2) is 26.7 Å². The second kappa shape index (κ2) is 7.59. The van der Waals surface area contributed by atoms with Crippen molar-refractivity contribution in [3.05, 3.63) is 48.5 Å². The molecule has 0 aliphatic heterocycles. The Hall–Kier alpha value is -2.14. The molecule has 21 heavy (non-hydrogen) atoms. The molecular weight excluding hydrogens is 266 g/mol. The van der Waals surface area contributed by atoms with Crippen LogP contribution in [0.25, 0.3) is 5.69 Å². The van der Waals surface area contributed by atoms with Crippen LogP contribution in [0.5, 0.6) is 0 Å². The van der Waals surface area contributed by atoms with E-state index in [-0.39, 0.29) is 0 Å². The van der Waals surface area contributed by atoms with Gasteiger partial charge in [-0.2, -0.15) is 0 Å². The van der Waals surface area contributed by atoms with Gasteiger partial charge >= 0.3 is 5.97 Å². The third kappa shape index (κ3) is 4.43. The molecular formula is C16H21N3O2. The Bertz CT molecular complexity index is 549. The first kappa shape index (κ1) is 15.3. The Kier molecular flexibility index (Phi) is 5.51. The van der Waals surface area contributed by atoms with Gasteiger partial charge in [0.1, 0.15) is 6.04 Å². The van der Waals surface area contributed by atoms with Gasteiger partial charge in [0.2, 0.25) is 0 Å². The lowest BCUT2D eigenvalue weighted by Crippen LogP contribution is -2.36. The van der Waals surface area contributed by atoms with Gasteiger partial charge in [0, 0.05) is 24.6 Å². The first-order chi connectivity index (χ1) is 10.2. The number of nitrogens with one attached hydrogen (secondary N) is 1. The third-order valence-electron chi connectivity index (χ3n) is 3.44. The highest BCUT2D eigenvalue weighted by Crippen LogP contribution is 2.10. The summed E-state index contributed by atoms with van der Waals surface area (Å²) < 4.78 is 1.93. The normalized spacial score (nSPS) is 12.2. The maximum Gasteiger partial charge on any atom is 0.320 e. The van der Waals surface area contributed by atoms with E-state index in [0.29, 0.717) is 13.0 Å². The molecule has 2 N–H and O–H groups in total. The van der Waals surface area contributed by atoms with E-state index in [4.69, 9.17) is 0 Å². The third-order valence-corrected chi connectivity index (χ3v) is 3.44. The summed E-state index contributed by atoms with van der Waals surface area (Å²) in [5.41, 5.74) is 2.11. The molecule has 5 heteroatoms. The number of aromatic nitrogens is 2. The molecule has 1 unspecified atom stereocenters. The first-order valence-corrected chi connectivity index (χ1v) is 7.24. The number of aliphatic carboxylic acids is 1. The zero-order valence-electron chi connectivity index (χ0n) is 12.2. The monoisotopic (exact) mass is 287 g/mol. The van der Waals surface area contributed by atoms with E-state index in [1.54, 1.807) is 12.5 Å². The summed E-state index contributed by atoms with van der Waals surface area (Å²) in [7, 11) is 0. The van der Waals surface area contributed by atoms with Gasteiger partial charge in [0.05, 0.1) is 6.33 Å². The van der Waals surface area contributed by atoms with Crippen molar-refractivity contribution in [3.63, 3.8) is 0 Å². The van der Waals surface area contributed by atoms with Gasteiger partial charge in [0.15, 0.2) is 0 Å². The van der Waals surface area contributed by atoms with Crippen molar-refractivity contribution in [1.29, 1.82) is 0 Å². The second-order valence-electron chi connectivity index (χ2n) is 5.05. The van der Waals surface area contributed by atoms with Crippen LogP contribution < -0.4 is 5.32 Å². The number of unbranched alkanes of at least 4 members (excludes halogenated alkanes) is 1. The van der Waals surface area contributed by atoms with Gasteiger partial charge in [-0.3, -0.25) is 4.79 Å². The lowest BCUT2D eigenvalue weighted by Gasteiger charge is -2.14. The Morgan fingerprint density at radius 1 is 1.38 bits per heavy atom. The van der Waals surface area contributed by atoms with Crippen LogP contribution in [0.1, 0.15) is 31.7 Å². The lowest BCUT2D eigenvalue weighted by atomic mass is 10.1. The van der Waals surface area contributed by atoms with Crippen molar-refractivity contribution in [2.75, 3.05) is 0 Å². The summed E-state index contributed by atoms with van der Waals surface area (Å²) in [5, 5.41) is 12.3. The molecule has 1 atom stereocenters. The molecule has 0 saturated heterocycles. The van der Waals surface area contributed by atoms with Gasteiger partial charge in [-0.1, -0.05) is 31.9 Å². The summed E-state index contributed by atoms with van der Waals surface area (Å²) in [6.45, 7) is 2.62. The molecule has 0 spiro atoms. The molecule has 2 rings (SSSR count). The Morgan fingerprint density at radius 2 is 2.14 bits per heavy atom. The van der Waals surface area contributed by atoms with Gasteiger partial charge in [-0.25, -0.2) is 4.98 Å². The van der Waals surface area contributed by atoms with E-state index in [9.17, 15) is 9.90 Å². The van der Waals surface area contributed by atoms with Crippen molar-refractivity contribution in [3.8, 4) is 5.69 Å². The minimum Gasteiger partial charge on any atom is -0.480 e. The maximum atomic E-state index is 11.2. The van der Waals surface area contributed by atoms with Gasteiger partial charge in [-0.15, -0.1) is 0 Å². The summed E-state index contributed by atoms with van der Waals surface area (Å²) >= 11 is 0. The number of hydrogen-bond acceptors (Lipinski definition) is 3. The fraction of sp³-hybridized carbons (Fsp3) is 0.375. The highest BCUT2D eigenvalue weighted by Gasteiger charge is 2.15. The van der Waals surface area contributed by atoms with E-state index < -0.39 is 12.0 Å². The predicted octanol–water partition coefficient (Wildman–Crippen LogP) is 2.61. The van der Waals surface area contributed by atoms with Gasteiger partial charge in [0.25, 0.3) is 0 Å². The predicted molar refractivity (Wildman–Crippen MR) is 81.4 cm³/mol. The van der Waals surface area contributed by atoms with Crippen molar-refractivity contribution >= 4 is 5.97 Å². The van der Waals surface area contributed by atoms with Gasteiger partial charge in [-0.05, 0) is 24.1 Å². The van der Waals surface area contributed by atoms with E-state index in [1.165, 1.54) is 0 Å². The smallest absolute Gasteiger partial charge is 0.320 e. The molecule has 0 aliphatic rings. The van der Waals surface area contributed by atoms with Crippen LogP contribution in [0.15, 0.2) is 43.0 Å². The van der Waals surface area contributed by atoms with E-state index in [0.717, 1.165) is 24.1 Å². The van der Waals surface area contributed by atoms with E-state index in [2.05, 4.69) is 17.2 Å². The van der Waals surface area contributed by atoms with E-state index >= 15 is 0 Å². The first-order valence-electron chi connectivity index (χ1n) is 7.24. The van der Waals surface area contributed by atoms with Crippen molar-refractivity contribution in [2.24, 2.45) is 0 Å². The molecule has 5 nitrogen and oxygen atoms in total. The molecule has 112 valence electrons. The average molecular weight is 287 g/mol. The number of carboxylic acid groups (broad SMARTS) is 1. The molecule has 0 radical (unpaired) electrons. The number of nitrogens with zero attached hydrogens (tertiary/aromatic N) is 2. The van der Waals surface area contributed by atoms with E-state index in [1.807, 2.05) is 35.0 Å². The van der Waals surface area contributed by atoms with Crippen molar-refractivity contribution in [2.45, 2.75) is 38.8 Å². The molecule has 0 aliphatic carbocycles. The quantitative estimate of drug-likeness (QED) is 0.783. The molecule has 1 aromatic heterocycles. The summed E-state index contributed by atoms with van der Waals surface area (Å²) in [6, 6.07) is 7.53. The minimum absolute atomic E-state index is 0.474. The van der Waals surface area contributed by atoms with Gasteiger partial charge < -0.3 is 15.0 Å². The average Bonchev–Trinajstić information content (AvgIpc) is 3.02. The van der Waals surface area contributed by atoms with Crippen LogP contribution in [0.2, 0.25) is 0 Å². The molecule has 1 aromatic carbocycles. The Labute approximate surface area is 124 Å². The summed E-state index contributed by atoms with van der Waals surface area (Å²) in [6.07, 6.45) is 7.96. The van der Waals surface area contributed by atoms with Crippen LogP contribution in [0, 0.1) is 0 Å². The highest BCUT2D eigenvalue weighted by atomic mass is 16.4. The van der Waals surface area contributed by atoms with Crippen LogP contribution >= 0.6 is 0 Å². The highest BCUT2D eigenvalue weighted by molar-refractivity contribution is 5.73.